The van der Waals surface area contributed by atoms with Crippen molar-refractivity contribution in [1.82, 2.24) is 4.31 Å². The Morgan fingerprint density at radius 1 is 1.24 bits per heavy atom. The van der Waals surface area contributed by atoms with E-state index in [0.717, 1.165) is 25.7 Å². The highest BCUT2D eigenvalue weighted by molar-refractivity contribution is 7.89. The molecule has 0 bridgehead atoms. The zero-order chi connectivity index (χ0) is 13.1. The molecule has 102 valence electrons. The van der Waals surface area contributed by atoms with Crippen molar-refractivity contribution in [3.8, 4) is 0 Å². The summed E-state index contributed by atoms with van der Waals surface area (Å²) in [7, 11) is -1.67. The highest BCUT2D eigenvalue weighted by Gasteiger charge is 2.28. The van der Waals surface area contributed by atoms with Crippen molar-refractivity contribution < 1.29 is 13.5 Å². The lowest BCUT2D eigenvalue weighted by Crippen LogP contribution is -2.41. The summed E-state index contributed by atoms with van der Waals surface area (Å²) in [5.74, 6) is 0.539. The van der Waals surface area contributed by atoms with Gasteiger partial charge in [0.05, 0.1) is 11.4 Å². The standard InChI is InChI=1S/C12H25NO3S/c1-12(2,14)10-13(3)17(15,16)9-11-7-5-4-6-8-11/h11,14H,4-10H2,1-3H3. The fourth-order valence-corrected chi connectivity index (χ4v) is 4.12. The highest BCUT2D eigenvalue weighted by Crippen LogP contribution is 2.25. The Morgan fingerprint density at radius 2 is 1.76 bits per heavy atom. The summed E-state index contributed by atoms with van der Waals surface area (Å²) < 4.78 is 25.5. The molecule has 0 saturated heterocycles. The minimum absolute atomic E-state index is 0.155. The van der Waals surface area contributed by atoms with Crippen LogP contribution in [0.2, 0.25) is 0 Å². The van der Waals surface area contributed by atoms with Gasteiger partial charge >= 0.3 is 0 Å². The van der Waals surface area contributed by atoms with Gasteiger partial charge in [-0.25, -0.2) is 12.7 Å². The molecule has 1 aliphatic rings. The Balaban J connectivity index is 2.54. The van der Waals surface area contributed by atoms with E-state index in [9.17, 15) is 13.5 Å². The number of nitrogens with zero attached hydrogens (tertiary/aromatic N) is 1. The number of aliphatic hydroxyl groups is 1. The molecule has 0 radical (unpaired) electrons. The van der Waals surface area contributed by atoms with Gasteiger partial charge in [0, 0.05) is 13.6 Å². The van der Waals surface area contributed by atoms with Crippen molar-refractivity contribution in [2.45, 2.75) is 51.6 Å². The van der Waals surface area contributed by atoms with Crippen molar-refractivity contribution in [2.75, 3.05) is 19.3 Å². The zero-order valence-electron chi connectivity index (χ0n) is 11.1. The third-order valence-corrected chi connectivity index (χ3v) is 5.23. The smallest absolute Gasteiger partial charge is 0.214 e. The molecule has 0 unspecified atom stereocenters. The van der Waals surface area contributed by atoms with Crippen LogP contribution >= 0.6 is 0 Å². The van der Waals surface area contributed by atoms with E-state index in [-0.39, 0.29) is 12.3 Å². The SMILES string of the molecule is CN(CC(C)(C)O)S(=O)(=O)CC1CCCCC1. The molecule has 1 fully saturated rings. The molecule has 5 heteroatoms. The molecular weight excluding hydrogens is 238 g/mol. The van der Waals surface area contributed by atoms with Gasteiger partial charge in [-0.1, -0.05) is 19.3 Å². The van der Waals surface area contributed by atoms with Gasteiger partial charge in [-0.15, -0.1) is 0 Å². The third kappa shape index (κ3) is 5.36. The van der Waals surface area contributed by atoms with E-state index >= 15 is 0 Å². The number of hydrogen-bond donors (Lipinski definition) is 1. The molecule has 1 N–H and O–H groups in total. The van der Waals surface area contributed by atoms with Crippen LogP contribution in [0.4, 0.5) is 0 Å². The Morgan fingerprint density at radius 3 is 2.24 bits per heavy atom. The van der Waals surface area contributed by atoms with Crippen LogP contribution in [0, 0.1) is 5.92 Å². The van der Waals surface area contributed by atoms with E-state index in [1.54, 1.807) is 20.9 Å². The fourth-order valence-electron chi connectivity index (χ4n) is 2.42. The lowest BCUT2D eigenvalue weighted by atomic mass is 9.91. The van der Waals surface area contributed by atoms with Gasteiger partial charge in [0.15, 0.2) is 0 Å². The van der Waals surface area contributed by atoms with Crippen LogP contribution in [-0.4, -0.2) is 42.8 Å². The van der Waals surface area contributed by atoms with Gasteiger partial charge in [0.2, 0.25) is 10.0 Å². The topological polar surface area (TPSA) is 57.6 Å². The first-order valence-electron chi connectivity index (χ1n) is 6.37. The monoisotopic (exact) mass is 263 g/mol. The molecule has 17 heavy (non-hydrogen) atoms. The van der Waals surface area contributed by atoms with Crippen molar-refractivity contribution in [3.05, 3.63) is 0 Å². The second kappa shape index (κ2) is 5.67. The van der Waals surface area contributed by atoms with E-state index in [1.165, 1.54) is 10.7 Å². The zero-order valence-corrected chi connectivity index (χ0v) is 12.0. The van der Waals surface area contributed by atoms with Gasteiger partial charge < -0.3 is 5.11 Å². The molecule has 1 saturated carbocycles. The minimum Gasteiger partial charge on any atom is -0.389 e. The lowest BCUT2D eigenvalue weighted by Gasteiger charge is -2.28. The molecule has 0 heterocycles. The van der Waals surface area contributed by atoms with Crippen molar-refractivity contribution in [2.24, 2.45) is 5.92 Å². The summed E-state index contributed by atoms with van der Waals surface area (Å²) in [6.45, 7) is 3.40. The normalized spacial score (nSPS) is 19.8. The third-order valence-electron chi connectivity index (χ3n) is 3.26. The van der Waals surface area contributed by atoms with Gasteiger partial charge in [0.25, 0.3) is 0 Å². The maximum absolute atomic E-state index is 12.1. The first-order valence-corrected chi connectivity index (χ1v) is 7.98. The van der Waals surface area contributed by atoms with E-state index in [1.807, 2.05) is 0 Å². The summed E-state index contributed by atoms with van der Waals surface area (Å²) in [6.07, 6.45) is 5.58. The van der Waals surface area contributed by atoms with Crippen LogP contribution in [0.3, 0.4) is 0 Å². The quantitative estimate of drug-likeness (QED) is 0.819. The lowest BCUT2D eigenvalue weighted by molar-refractivity contribution is 0.0638. The molecule has 4 nitrogen and oxygen atoms in total. The first kappa shape index (κ1) is 14.9. The molecule has 0 atom stereocenters. The predicted octanol–water partition coefficient (Wildman–Crippen LogP) is 1.60. The highest BCUT2D eigenvalue weighted by atomic mass is 32.2. The average molecular weight is 263 g/mol. The molecule has 0 amide bonds. The summed E-state index contributed by atoms with van der Waals surface area (Å²) in [5.41, 5.74) is -0.978. The van der Waals surface area contributed by atoms with Gasteiger partial charge in [-0.3, -0.25) is 0 Å². The Kier molecular flexibility index (Phi) is 4.98. The summed E-state index contributed by atoms with van der Waals surface area (Å²) >= 11 is 0. The van der Waals surface area contributed by atoms with Crippen LogP contribution in [-0.2, 0) is 10.0 Å². The molecule has 0 aromatic rings. The fraction of sp³-hybridized carbons (Fsp3) is 1.00. The van der Waals surface area contributed by atoms with Crippen LogP contribution in [0.25, 0.3) is 0 Å². The van der Waals surface area contributed by atoms with Crippen LogP contribution in [0.5, 0.6) is 0 Å². The second-order valence-corrected chi connectivity index (χ2v) is 7.97. The Bertz CT molecular complexity index is 326. The largest absolute Gasteiger partial charge is 0.389 e. The van der Waals surface area contributed by atoms with E-state index in [2.05, 4.69) is 0 Å². The second-order valence-electron chi connectivity index (χ2n) is 5.85. The van der Waals surface area contributed by atoms with E-state index in [0.29, 0.717) is 5.92 Å². The first-order chi connectivity index (χ1) is 7.71. The minimum atomic E-state index is -3.22. The van der Waals surface area contributed by atoms with Crippen LogP contribution < -0.4 is 0 Å². The number of likely N-dealkylation sites (N-methyl/N-ethyl adjacent to an activating group) is 1. The molecule has 0 aromatic heterocycles. The van der Waals surface area contributed by atoms with Crippen LogP contribution in [0.15, 0.2) is 0 Å². The van der Waals surface area contributed by atoms with E-state index in [4.69, 9.17) is 0 Å². The average Bonchev–Trinajstić information content (AvgIpc) is 2.15. The number of hydrogen-bond acceptors (Lipinski definition) is 3. The van der Waals surface area contributed by atoms with Crippen molar-refractivity contribution >= 4 is 10.0 Å². The molecule has 1 rings (SSSR count). The van der Waals surface area contributed by atoms with Crippen molar-refractivity contribution in [3.63, 3.8) is 0 Å². The van der Waals surface area contributed by atoms with E-state index < -0.39 is 15.6 Å². The Labute approximate surface area is 105 Å². The summed E-state index contributed by atoms with van der Waals surface area (Å²) in [5, 5.41) is 9.65. The number of rotatable bonds is 5. The molecule has 0 spiro atoms. The number of sulfonamides is 1. The van der Waals surface area contributed by atoms with Crippen LogP contribution in [0.1, 0.15) is 46.0 Å². The molecule has 0 aliphatic heterocycles. The summed E-state index contributed by atoms with van der Waals surface area (Å²) in [4.78, 5) is 0. The predicted molar refractivity (Wildman–Crippen MR) is 69.3 cm³/mol. The Hall–Kier alpha value is -0.130. The molecule has 1 aliphatic carbocycles. The molecular formula is C12H25NO3S. The van der Waals surface area contributed by atoms with Gasteiger partial charge in [-0.05, 0) is 32.6 Å². The van der Waals surface area contributed by atoms with Gasteiger partial charge in [0.1, 0.15) is 0 Å². The van der Waals surface area contributed by atoms with Crippen molar-refractivity contribution in [1.29, 1.82) is 0 Å². The summed E-state index contributed by atoms with van der Waals surface area (Å²) in [6, 6.07) is 0. The maximum atomic E-state index is 12.1. The van der Waals surface area contributed by atoms with Gasteiger partial charge in [-0.2, -0.15) is 0 Å². The maximum Gasteiger partial charge on any atom is 0.214 e. The molecule has 0 aromatic carbocycles.